The summed E-state index contributed by atoms with van der Waals surface area (Å²) in [5, 5.41) is 8.22. The van der Waals surface area contributed by atoms with Gasteiger partial charge in [-0.15, -0.1) is 0 Å². The monoisotopic (exact) mass is 367 g/mol. The predicted molar refractivity (Wildman–Crippen MR) is 106 cm³/mol. The van der Waals surface area contributed by atoms with Crippen molar-refractivity contribution in [2.24, 2.45) is 0 Å². The topological polar surface area (TPSA) is 46.9 Å². The van der Waals surface area contributed by atoms with Gasteiger partial charge in [-0.1, -0.05) is 29.8 Å². The van der Waals surface area contributed by atoms with E-state index in [1.54, 1.807) is 16.8 Å². The van der Waals surface area contributed by atoms with Crippen LogP contribution in [0, 0.1) is 13.8 Å². The molecule has 4 nitrogen and oxygen atoms in total. The van der Waals surface area contributed by atoms with E-state index in [9.17, 15) is 4.79 Å². The van der Waals surface area contributed by atoms with Gasteiger partial charge in [-0.25, -0.2) is 4.68 Å². The highest BCUT2D eigenvalue weighted by Crippen LogP contribution is 2.25. The number of aromatic nitrogens is 2. The van der Waals surface area contributed by atoms with Crippen LogP contribution in [0.1, 0.15) is 35.5 Å². The molecule has 0 unspecified atom stereocenters. The lowest BCUT2D eigenvalue weighted by Crippen LogP contribution is -2.31. The first-order valence-electron chi connectivity index (χ1n) is 8.59. The minimum atomic E-state index is -0.164. The zero-order chi connectivity index (χ0) is 18.8. The fraction of sp³-hybridized carbons (Fsp3) is 0.238. The molecule has 0 saturated carbocycles. The Morgan fingerprint density at radius 3 is 2.50 bits per heavy atom. The standard InChI is InChI=1S/C21H22ClN3O/c1-13(2)23-21(26)20-12-19(16-9-8-14(3)15(4)10-16)24-25(20)18-7-5-6-17(22)11-18/h5-13H,1-4H3,(H,23,26). The van der Waals surface area contributed by atoms with Gasteiger partial charge >= 0.3 is 0 Å². The fourth-order valence-electron chi connectivity index (χ4n) is 2.73. The van der Waals surface area contributed by atoms with Crippen LogP contribution in [0.5, 0.6) is 0 Å². The number of nitrogens with zero attached hydrogens (tertiary/aromatic N) is 2. The Balaban J connectivity index is 2.13. The van der Waals surface area contributed by atoms with Gasteiger partial charge in [-0.3, -0.25) is 4.79 Å². The molecule has 0 radical (unpaired) electrons. The van der Waals surface area contributed by atoms with E-state index in [0.29, 0.717) is 10.7 Å². The highest BCUT2D eigenvalue weighted by Gasteiger charge is 2.18. The number of nitrogens with one attached hydrogen (secondary N) is 1. The first-order chi connectivity index (χ1) is 12.3. The zero-order valence-corrected chi connectivity index (χ0v) is 16.1. The molecule has 0 aliphatic rings. The summed E-state index contributed by atoms with van der Waals surface area (Å²) in [4.78, 5) is 12.7. The Bertz CT molecular complexity index is 960. The van der Waals surface area contributed by atoms with Gasteiger partial charge < -0.3 is 5.32 Å². The molecule has 0 aliphatic heterocycles. The quantitative estimate of drug-likeness (QED) is 0.709. The van der Waals surface area contributed by atoms with Gasteiger partial charge in [0.15, 0.2) is 0 Å². The van der Waals surface area contributed by atoms with Gasteiger partial charge in [-0.2, -0.15) is 5.10 Å². The lowest BCUT2D eigenvalue weighted by Gasteiger charge is -2.10. The molecular formula is C21H22ClN3O. The SMILES string of the molecule is Cc1ccc(-c2cc(C(=O)NC(C)C)n(-c3cccc(Cl)c3)n2)cc1C. The average Bonchev–Trinajstić information content (AvgIpc) is 3.02. The summed E-state index contributed by atoms with van der Waals surface area (Å²) in [6, 6.07) is 15.4. The van der Waals surface area contributed by atoms with Crippen molar-refractivity contribution in [3.8, 4) is 16.9 Å². The molecule has 0 fully saturated rings. The number of carbonyl (C=O) groups is 1. The largest absolute Gasteiger partial charge is 0.349 e. The van der Waals surface area contributed by atoms with Crippen molar-refractivity contribution in [2.75, 3.05) is 0 Å². The summed E-state index contributed by atoms with van der Waals surface area (Å²) in [6.07, 6.45) is 0. The summed E-state index contributed by atoms with van der Waals surface area (Å²) in [5.74, 6) is -0.164. The minimum Gasteiger partial charge on any atom is -0.349 e. The number of amides is 1. The third kappa shape index (κ3) is 3.81. The molecule has 0 atom stereocenters. The van der Waals surface area contributed by atoms with Gasteiger partial charge in [0.05, 0.1) is 11.4 Å². The van der Waals surface area contributed by atoms with E-state index >= 15 is 0 Å². The lowest BCUT2D eigenvalue weighted by atomic mass is 10.0. The van der Waals surface area contributed by atoms with Crippen LogP contribution in [0.4, 0.5) is 0 Å². The Labute approximate surface area is 158 Å². The molecule has 2 aromatic carbocycles. The summed E-state index contributed by atoms with van der Waals surface area (Å²) in [6.45, 7) is 8.01. The van der Waals surface area contributed by atoms with E-state index in [2.05, 4.69) is 36.4 Å². The van der Waals surface area contributed by atoms with Crippen LogP contribution in [0.15, 0.2) is 48.5 Å². The molecule has 1 aromatic heterocycles. The number of rotatable bonds is 4. The maximum atomic E-state index is 12.7. The molecule has 134 valence electrons. The number of hydrogen-bond donors (Lipinski definition) is 1. The van der Waals surface area contributed by atoms with Gasteiger partial charge in [0.1, 0.15) is 5.69 Å². The molecule has 5 heteroatoms. The third-order valence-corrected chi connectivity index (χ3v) is 4.45. The van der Waals surface area contributed by atoms with E-state index in [-0.39, 0.29) is 11.9 Å². The van der Waals surface area contributed by atoms with E-state index in [4.69, 9.17) is 11.6 Å². The van der Waals surface area contributed by atoms with Crippen LogP contribution < -0.4 is 5.32 Å². The molecule has 1 amide bonds. The maximum absolute atomic E-state index is 12.7. The van der Waals surface area contributed by atoms with Crippen molar-refractivity contribution in [2.45, 2.75) is 33.7 Å². The van der Waals surface area contributed by atoms with Crippen molar-refractivity contribution in [1.82, 2.24) is 15.1 Å². The zero-order valence-electron chi connectivity index (χ0n) is 15.4. The normalized spacial score (nSPS) is 11.0. The smallest absolute Gasteiger partial charge is 0.270 e. The first kappa shape index (κ1) is 18.2. The third-order valence-electron chi connectivity index (χ3n) is 4.22. The van der Waals surface area contributed by atoms with E-state index in [1.165, 1.54) is 11.1 Å². The highest BCUT2D eigenvalue weighted by atomic mass is 35.5. The Hall–Kier alpha value is -2.59. The maximum Gasteiger partial charge on any atom is 0.270 e. The Morgan fingerprint density at radius 1 is 1.08 bits per heavy atom. The molecular weight excluding hydrogens is 346 g/mol. The second kappa shape index (κ2) is 7.34. The Kier molecular flexibility index (Phi) is 5.14. The second-order valence-corrected chi connectivity index (χ2v) is 7.17. The average molecular weight is 368 g/mol. The highest BCUT2D eigenvalue weighted by molar-refractivity contribution is 6.30. The van der Waals surface area contributed by atoms with Gasteiger partial charge in [0.25, 0.3) is 5.91 Å². The molecule has 3 rings (SSSR count). The summed E-state index contributed by atoms with van der Waals surface area (Å²) in [5.41, 5.74) is 5.37. The lowest BCUT2D eigenvalue weighted by molar-refractivity contribution is 0.0935. The molecule has 0 aliphatic carbocycles. The number of carbonyl (C=O) groups excluding carboxylic acids is 1. The molecule has 3 aromatic rings. The van der Waals surface area contributed by atoms with Crippen LogP contribution in [-0.2, 0) is 0 Å². The van der Waals surface area contributed by atoms with Gasteiger partial charge in [0, 0.05) is 16.6 Å². The van der Waals surface area contributed by atoms with Crippen LogP contribution in [0.3, 0.4) is 0 Å². The number of benzene rings is 2. The van der Waals surface area contributed by atoms with Gasteiger partial charge in [0.2, 0.25) is 0 Å². The molecule has 26 heavy (non-hydrogen) atoms. The minimum absolute atomic E-state index is 0.0373. The molecule has 0 spiro atoms. The summed E-state index contributed by atoms with van der Waals surface area (Å²) >= 11 is 6.13. The number of aryl methyl sites for hydroxylation is 2. The van der Waals surface area contributed by atoms with Crippen molar-refractivity contribution in [3.63, 3.8) is 0 Å². The molecule has 0 bridgehead atoms. The fourth-order valence-corrected chi connectivity index (χ4v) is 2.91. The van der Waals surface area contributed by atoms with Crippen molar-refractivity contribution < 1.29 is 4.79 Å². The number of hydrogen-bond acceptors (Lipinski definition) is 2. The molecule has 0 saturated heterocycles. The van der Waals surface area contributed by atoms with E-state index in [1.807, 2.05) is 38.1 Å². The summed E-state index contributed by atoms with van der Waals surface area (Å²) < 4.78 is 1.65. The van der Waals surface area contributed by atoms with Crippen LogP contribution >= 0.6 is 11.6 Å². The van der Waals surface area contributed by atoms with E-state index < -0.39 is 0 Å². The second-order valence-electron chi connectivity index (χ2n) is 6.73. The van der Waals surface area contributed by atoms with Crippen LogP contribution in [0.25, 0.3) is 16.9 Å². The molecule has 1 heterocycles. The van der Waals surface area contributed by atoms with Crippen molar-refractivity contribution in [3.05, 3.63) is 70.4 Å². The van der Waals surface area contributed by atoms with E-state index in [0.717, 1.165) is 16.9 Å². The Morgan fingerprint density at radius 2 is 1.85 bits per heavy atom. The van der Waals surface area contributed by atoms with Crippen molar-refractivity contribution in [1.29, 1.82) is 0 Å². The van der Waals surface area contributed by atoms with Crippen molar-refractivity contribution >= 4 is 17.5 Å². The van der Waals surface area contributed by atoms with Crippen LogP contribution in [0.2, 0.25) is 5.02 Å². The first-order valence-corrected chi connectivity index (χ1v) is 8.97. The number of halogens is 1. The van der Waals surface area contributed by atoms with Gasteiger partial charge in [-0.05, 0) is 69.2 Å². The molecule has 1 N–H and O–H groups in total. The summed E-state index contributed by atoms with van der Waals surface area (Å²) in [7, 11) is 0. The predicted octanol–water partition coefficient (Wildman–Crippen LogP) is 4.95. The van der Waals surface area contributed by atoms with Crippen LogP contribution in [-0.4, -0.2) is 21.7 Å².